The summed E-state index contributed by atoms with van der Waals surface area (Å²) in [6.45, 7) is 2.32. The summed E-state index contributed by atoms with van der Waals surface area (Å²) in [6.07, 6.45) is 2.27. The zero-order valence-electron chi connectivity index (χ0n) is 8.76. The number of hydrogen-bond acceptors (Lipinski definition) is 3. The first-order chi connectivity index (χ1) is 7.33. The summed E-state index contributed by atoms with van der Waals surface area (Å²) >= 11 is 0. The molecule has 0 radical (unpaired) electrons. The van der Waals surface area contributed by atoms with Gasteiger partial charge in [-0.15, -0.1) is 0 Å². The standard InChI is InChI=1S/C12H14N2O/c1-11(9-13)7-8-14-15-10-12-5-3-2-4-6-12/h2-6,8,11H,7,10H2,1H3. The summed E-state index contributed by atoms with van der Waals surface area (Å²) in [4.78, 5) is 5.07. The number of hydrogen-bond donors (Lipinski definition) is 0. The molecule has 0 fully saturated rings. The van der Waals surface area contributed by atoms with Crippen LogP contribution in [0.3, 0.4) is 0 Å². The molecular formula is C12H14N2O. The molecule has 0 aliphatic heterocycles. The van der Waals surface area contributed by atoms with Crippen molar-refractivity contribution < 1.29 is 4.84 Å². The molecule has 0 saturated carbocycles. The van der Waals surface area contributed by atoms with E-state index in [1.54, 1.807) is 6.21 Å². The van der Waals surface area contributed by atoms with E-state index in [2.05, 4.69) is 11.2 Å². The molecule has 15 heavy (non-hydrogen) atoms. The SMILES string of the molecule is CC(C#N)CC=NOCc1ccccc1. The van der Waals surface area contributed by atoms with Gasteiger partial charge in [-0.1, -0.05) is 35.5 Å². The van der Waals surface area contributed by atoms with Crippen molar-refractivity contribution in [2.45, 2.75) is 20.0 Å². The first-order valence-electron chi connectivity index (χ1n) is 4.90. The topological polar surface area (TPSA) is 45.4 Å². The maximum atomic E-state index is 8.52. The molecular weight excluding hydrogens is 188 g/mol. The molecule has 0 aromatic heterocycles. The van der Waals surface area contributed by atoms with Crippen LogP contribution in [-0.4, -0.2) is 6.21 Å². The second-order valence-corrected chi connectivity index (χ2v) is 3.31. The van der Waals surface area contributed by atoms with E-state index in [0.29, 0.717) is 13.0 Å². The van der Waals surface area contributed by atoms with Crippen molar-refractivity contribution in [2.75, 3.05) is 0 Å². The molecule has 1 aromatic rings. The maximum Gasteiger partial charge on any atom is 0.142 e. The van der Waals surface area contributed by atoms with Crippen molar-refractivity contribution in [2.24, 2.45) is 11.1 Å². The van der Waals surface area contributed by atoms with Crippen molar-refractivity contribution in [1.29, 1.82) is 5.26 Å². The van der Waals surface area contributed by atoms with Gasteiger partial charge in [0, 0.05) is 18.6 Å². The molecule has 0 heterocycles. The molecule has 0 spiro atoms. The highest BCUT2D eigenvalue weighted by atomic mass is 16.6. The number of nitriles is 1. The van der Waals surface area contributed by atoms with Crippen LogP contribution >= 0.6 is 0 Å². The van der Waals surface area contributed by atoms with Gasteiger partial charge in [-0.25, -0.2) is 0 Å². The Morgan fingerprint density at radius 2 is 2.20 bits per heavy atom. The number of nitrogens with zero attached hydrogens (tertiary/aromatic N) is 2. The van der Waals surface area contributed by atoms with Gasteiger partial charge in [0.05, 0.1) is 6.07 Å². The lowest BCUT2D eigenvalue weighted by atomic mass is 10.1. The van der Waals surface area contributed by atoms with E-state index in [0.717, 1.165) is 5.56 Å². The molecule has 0 amide bonds. The summed E-state index contributed by atoms with van der Waals surface area (Å²) < 4.78 is 0. The van der Waals surface area contributed by atoms with E-state index in [9.17, 15) is 0 Å². The van der Waals surface area contributed by atoms with Gasteiger partial charge in [0.25, 0.3) is 0 Å². The Balaban J connectivity index is 2.20. The zero-order valence-corrected chi connectivity index (χ0v) is 8.76. The first-order valence-corrected chi connectivity index (χ1v) is 4.90. The predicted molar refractivity (Wildman–Crippen MR) is 59.1 cm³/mol. The number of oxime groups is 1. The number of benzene rings is 1. The van der Waals surface area contributed by atoms with Crippen molar-refractivity contribution in [3.63, 3.8) is 0 Å². The normalized spacial score (nSPS) is 12.3. The fourth-order valence-corrected chi connectivity index (χ4v) is 0.993. The Bertz CT molecular complexity index is 340. The molecule has 3 nitrogen and oxygen atoms in total. The Hall–Kier alpha value is -1.82. The molecule has 0 saturated heterocycles. The number of rotatable bonds is 5. The average molecular weight is 202 g/mol. The molecule has 1 aromatic carbocycles. The summed E-state index contributed by atoms with van der Waals surface area (Å²) in [5.74, 6) is -0.00549. The summed E-state index contributed by atoms with van der Waals surface area (Å²) in [6, 6.07) is 12.0. The Kier molecular flexibility index (Phi) is 4.96. The molecule has 0 aliphatic carbocycles. The zero-order chi connectivity index (χ0) is 10.9. The van der Waals surface area contributed by atoms with Crippen molar-refractivity contribution in [1.82, 2.24) is 0 Å². The van der Waals surface area contributed by atoms with Crippen LogP contribution in [0.1, 0.15) is 18.9 Å². The van der Waals surface area contributed by atoms with Crippen LogP contribution in [0.2, 0.25) is 0 Å². The molecule has 1 unspecified atom stereocenters. The third kappa shape index (κ3) is 4.82. The van der Waals surface area contributed by atoms with Gasteiger partial charge in [-0.3, -0.25) is 0 Å². The smallest absolute Gasteiger partial charge is 0.142 e. The predicted octanol–water partition coefficient (Wildman–Crippen LogP) is 2.74. The van der Waals surface area contributed by atoms with E-state index >= 15 is 0 Å². The highest BCUT2D eigenvalue weighted by Gasteiger charge is 1.94. The van der Waals surface area contributed by atoms with Crippen molar-refractivity contribution >= 4 is 6.21 Å². The quantitative estimate of drug-likeness (QED) is 0.544. The van der Waals surface area contributed by atoms with Crippen molar-refractivity contribution in [3.05, 3.63) is 35.9 Å². The van der Waals surface area contributed by atoms with Crippen LogP contribution < -0.4 is 0 Å². The summed E-state index contributed by atoms with van der Waals surface area (Å²) in [5, 5.41) is 12.3. The van der Waals surface area contributed by atoms with Gasteiger partial charge in [0.1, 0.15) is 6.61 Å². The van der Waals surface area contributed by atoms with Crippen molar-refractivity contribution in [3.8, 4) is 6.07 Å². The van der Waals surface area contributed by atoms with Gasteiger partial charge in [-0.05, 0) is 12.5 Å². The van der Waals surface area contributed by atoms with E-state index < -0.39 is 0 Å². The van der Waals surface area contributed by atoms with E-state index in [4.69, 9.17) is 10.1 Å². The molecule has 3 heteroatoms. The van der Waals surface area contributed by atoms with Crippen LogP contribution in [0.25, 0.3) is 0 Å². The van der Waals surface area contributed by atoms with Gasteiger partial charge in [0.15, 0.2) is 0 Å². The van der Waals surface area contributed by atoms with E-state index in [-0.39, 0.29) is 5.92 Å². The Morgan fingerprint density at radius 3 is 2.87 bits per heavy atom. The fraction of sp³-hybridized carbons (Fsp3) is 0.333. The van der Waals surface area contributed by atoms with Gasteiger partial charge < -0.3 is 4.84 Å². The molecule has 0 bridgehead atoms. The Labute approximate surface area is 90.0 Å². The second-order valence-electron chi connectivity index (χ2n) is 3.31. The highest BCUT2D eigenvalue weighted by Crippen LogP contribution is 2.01. The first kappa shape index (κ1) is 11.3. The summed E-state index contributed by atoms with van der Waals surface area (Å²) in [5.41, 5.74) is 1.09. The largest absolute Gasteiger partial charge is 0.391 e. The molecule has 1 atom stereocenters. The third-order valence-electron chi connectivity index (χ3n) is 1.90. The summed E-state index contributed by atoms with van der Waals surface area (Å²) in [7, 11) is 0. The van der Waals surface area contributed by atoms with Gasteiger partial charge >= 0.3 is 0 Å². The van der Waals surface area contributed by atoms with Crippen LogP contribution in [0.4, 0.5) is 0 Å². The van der Waals surface area contributed by atoms with Crippen LogP contribution in [0.15, 0.2) is 35.5 Å². The monoisotopic (exact) mass is 202 g/mol. The lowest BCUT2D eigenvalue weighted by Crippen LogP contribution is -1.91. The van der Waals surface area contributed by atoms with E-state index in [1.165, 1.54) is 0 Å². The minimum absolute atomic E-state index is 0.00549. The lowest BCUT2D eigenvalue weighted by molar-refractivity contribution is 0.131. The average Bonchev–Trinajstić information content (AvgIpc) is 2.29. The second kappa shape index (κ2) is 6.61. The van der Waals surface area contributed by atoms with E-state index in [1.807, 2.05) is 37.3 Å². The minimum atomic E-state index is -0.00549. The maximum absolute atomic E-state index is 8.52. The van der Waals surface area contributed by atoms with Gasteiger partial charge in [0.2, 0.25) is 0 Å². The van der Waals surface area contributed by atoms with Crippen LogP contribution in [-0.2, 0) is 11.4 Å². The van der Waals surface area contributed by atoms with Crippen LogP contribution in [0, 0.1) is 17.2 Å². The molecule has 0 aliphatic rings. The molecule has 78 valence electrons. The highest BCUT2D eigenvalue weighted by molar-refractivity contribution is 5.57. The fourth-order valence-electron chi connectivity index (χ4n) is 0.993. The molecule has 1 rings (SSSR count). The third-order valence-corrected chi connectivity index (χ3v) is 1.90. The lowest BCUT2D eigenvalue weighted by Gasteiger charge is -1.98. The van der Waals surface area contributed by atoms with Gasteiger partial charge in [-0.2, -0.15) is 5.26 Å². The minimum Gasteiger partial charge on any atom is -0.391 e. The van der Waals surface area contributed by atoms with Crippen LogP contribution in [0.5, 0.6) is 0 Å². The molecule has 0 N–H and O–H groups in total. The Morgan fingerprint density at radius 1 is 1.47 bits per heavy atom.